The van der Waals surface area contributed by atoms with Crippen LogP contribution in [0.3, 0.4) is 0 Å². The molecule has 0 bridgehead atoms. The van der Waals surface area contributed by atoms with Crippen LogP contribution < -0.4 is 10.5 Å². The number of carbonyl (C=O) groups is 4. The van der Waals surface area contributed by atoms with Crippen molar-refractivity contribution in [1.82, 2.24) is 10.2 Å². The Morgan fingerprint density at radius 1 is 1.09 bits per heavy atom. The van der Waals surface area contributed by atoms with Crippen molar-refractivity contribution in [3.63, 3.8) is 0 Å². The van der Waals surface area contributed by atoms with Crippen LogP contribution in [0.25, 0.3) is 0 Å². The number of fused-ring (bicyclic) bond motifs is 1. The first kappa shape index (κ1) is 24.5. The third-order valence-corrected chi connectivity index (χ3v) is 5.74. The first-order valence-corrected chi connectivity index (χ1v) is 11.2. The highest BCUT2D eigenvalue weighted by molar-refractivity contribution is 7.89. The van der Waals surface area contributed by atoms with Gasteiger partial charge in [0.2, 0.25) is 10.0 Å². The standard InChI is InChI=1S/C20H18N4O9S/c21-34(31,32)13-6-4-12(5-7-13)8-9-22-16(25)11-33-17(26)10-23-19(27)14-2-1-3-15(24(29)30)18(14)20(23)28/h1-7H,8-11H2,(H,22,25)(H2,21,31,32). The number of ether oxygens (including phenoxy) is 1. The van der Waals surface area contributed by atoms with E-state index in [0.29, 0.717) is 11.3 Å². The minimum atomic E-state index is -3.80. The predicted octanol–water partition coefficient (Wildman–Crippen LogP) is -0.260. The molecule has 2 aromatic rings. The maximum absolute atomic E-state index is 12.4. The average molecular weight is 490 g/mol. The van der Waals surface area contributed by atoms with Crippen molar-refractivity contribution in [2.45, 2.75) is 11.3 Å². The molecule has 34 heavy (non-hydrogen) atoms. The van der Waals surface area contributed by atoms with Gasteiger partial charge in [0.15, 0.2) is 6.61 Å². The molecule has 2 aromatic carbocycles. The van der Waals surface area contributed by atoms with Gasteiger partial charge in [0, 0.05) is 12.6 Å². The number of nitro benzene ring substituents is 1. The van der Waals surface area contributed by atoms with Gasteiger partial charge in [0.25, 0.3) is 23.4 Å². The van der Waals surface area contributed by atoms with Crippen LogP contribution in [0, 0.1) is 10.1 Å². The van der Waals surface area contributed by atoms with Crippen molar-refractivity contribution in [3.05, 3.63) is 69.3 Å². The number of nitrogens with zero attached hydrogens (tertiary/aromatic N) is 2. The van der Waals surface area contributed by atoms with E-state index in [2.05, 4.69) is 5.32 Å². The second-order valence-electron chi connectivity index (χ2n) is 7.10. The molecule has 0 unspecified atom stereocenters. The van der Waals surface area contributed by atoms with Gasteiger partial charge in [-0.1, -0.05) is 18.2 Å². The monoisotopic (exact) mass is 490 g/mol. The number of hydrogen-bond donors (Lipinski definition) is 2. The molecule has 3 N–H and O–H groups in total. The Balaban J connectivity index is 1.46. The molecule has 0 aromatic heterocycles. The SMILES string of the molecule is NS(=O)(=O)c1ccc(CCNC(=O)COC(=O)CN2C(=O)c3cccc([N+](=O)[O-])c3C2=O)cc1. The van der Waals surface area contributed by atoms with E-state index in [1.54, 1.807) is 12.1 Å². The minimum absolute atomic E-state index is 0.0418. The molecule has 1 aliphatic heterocycles. The van der Waals surface area contributed by atoms with Gasteiger partial charge in [-0.05, 0) is 30.2 Å². The number of amides is 3. The maximum atomic E-state index is 12.4. The van der Waals surface area contributed by atoms with Crippen LogP contribution in [-0.4, -0.2) is 61.6 Å². The summed E-state index contributed by atoms with van der Waals surface area (Å²) in [5, 5.41) is 18.6. The molecule has 0 fully saturated rings. The lowest BCUT2D eigenvalue weighted by atomic mass is 10.1. The van der Waals surface area contributed by atoms with E-state index in [0.717, 1.165) is 11.6 Å². The summed E-state index contributed by atoms with van der Waals surface area (Å²) >= 11 is 0. The van der Waals surface area contributed by atoms with Crippen LogP contribution in [0.15, 0.2) is 47.4 Å². The van der Waals surface area contributed by atoms with Gasteiger partial charge < -0.3 is 10.1 Å². The average Bonchev–Trinajstić information content (AvgIpc) is 3.02. The Labute approximate surface area is 192 Å². The van der Waals surface area contributed by atoms with Crippen LogP contribution >= 0.6 is 0 Å². The summed E-state index contributed by atoms with van der Waals surface area (Å²) in [7, 11) is -3.80. The topological polar surface area (TPSA) is 196 Å². The summed E-state index contributed by atoms with van der Waals surface area (Å²) in [6.07, 6.45) is 0.360. The van der Waals surface area contributed by atoms with Crippen LogP contribution in [0.4, 0.5) is 5.69 Å². The van der Waals surface area contributed by atoms with Crippen molar-refractivity contribution >= 4 is 39.4 Å². The van der Waals surface area contributed by atoms with E-state index in [4.69, 9.17) is 9.88 Å². The molecule has 0 atom stereocenters. The lowest BCUT2D eigenvalue weighted by Gasteiger charge is -2.13. The molecule has 14 heteroatoms. The summed E-state index contributed by atoms with van der Waals surface area (Å²) in [6.45, 7) is -1.33. The van der Waals surface area contributed by atoms with Crippen molar-refractivity contribution in [2.75, 3.05) is 19.7 Å². The van der Waals surface area contributed by atoms with E-state index in [1.807, 2.05) is 0 Å². The van der Waals surface area contributed by atoms with Crippen molar-refractivity contribution in [2.24, 2.45) is 5.14 Å². The number of sulfonamides is 1. The molecule has 1 heterocycles. The van der Waals surface area contributed by atoms with E-state index in [-0.39, 0.29) is 17.0 Å². The predicted molar refractivity (Wildman–Crippen MR) is 114 cm³/mol. The highest BCUT2D eigenvalue weighted by atomic mass is 32.2. The summed E-state index contributed by atoms with van der Waals surface area (Å²) in [5.74, 6) is -3.57. The molecular formula is C20H18N4O9S. The summed E-state index contributed by atoms with van der Waals surface area (Å²) in [5.41, 5.74) is -0.420. The number of carbonyl (C=O) groups excluding carboxylic acids is 4. The molecule has 178 valence electrons. The molecular weight excluding hydrogens is 472 g/mol. The third kappa shape index (κ3) is 5.41. The van der Waals surface area contributed by atoms with Gasteiger partial charge in [0.05, 0.1) is 15.4 Å². The van der Waals surface area contributed by atoms with Crippen molar-refractivity contribution < 1.29 is 37.3 Å². The minimum Gasteiger partial charge on any atom is -0.454 e. The smallest absolute Gasteiger partial charge is 0.326 e. The largest absolute Gasteiger partial charge is 0.454 e. The fourth-order valence-corrected chi connectivity index (χ4v) is 3.69. The molecule has 3 rings (SSSR count). The molecule has 0 saturated carbocycles. The number of nitrogens with two attached hydrogens (primary N) is 1. The number of primary sulfonamides is 1. The van der Waals surface area contributed by atoms with Gasteiger partial charge >= 0.3 is 5.97 Å². The fourth-order valence-electron chi connectivity index (χ4n) is 3.18. The Morgan fingerprint density at radius 3 is 2.38 bits per heavy atom. The summed E-state index contributed by atoms with van der Waals surface area (Å²) < 4.78 is 27.2. The maximum Gasteiger partial charge on any atom is 0.326 e. The number of benzene rings is 2. The molecule has 0 aliphatic carbocycles. The number of rotatable bonds is 9. The van der Waals surface area contributed by atoms with Crippen molar-refractivity contribution in [3.8, 4) is 0 Å². The summed E-state index contributed by atoms with van der Waals surface area (Å²) in [6, 6.07) is 9.32. The molecule has 0 saturated heterocycles. The quantitative estimate of drug-likeness (QED) is 0.206. The van der Waals surface area contributed by atoms with Gasteiger partial charge in [-0.25, -0.2) is 13.6 Å². The Morgan fingerprint density at radius 2 is 1.76 bits per heavy atom. The Kier molecular flexibility index (Phi) is 7.03. The Bertz CT molecular complexity index is 1290. The number of hydrogen-bond acceptors (Lipinski definition) is 9. The zero-order chi connectivity index (χ0) is 25.0. The van der Waals surface area contributed by atoms with E-state index < -0.39 is 63.0 Å². The van der Waals surface area contributed by atoms with E-state index in [9.17, 15) is 37.7 Å². The second-order valence-corrected chi connectivity index (χ2v) is 8.66. The first-order valence-electron chi connectivity index (χ1n) is 9.66. The van der Waals surface area contributed by atoms with Crippen molar-refractivity contribution in [1.29, 1.82) is 0 Å². The lowest BCUT2D eigenvalue weighted by molar-refractivity contribution is -0.385. The van der Waals surface area contributed by atoms with Gasteiger partial charge in [0.1, 0.15) is 12.1 Å². The second kappa shape index (κ2) is 9.76. The van der Waals surface area contributed by atoms with Crippen LogP contribution in [-0.2, 0) is 30.8 Å². The van der Waals surface area contributed by atoms with Crippen LogP contribution in [0.1, 0.15) is 26.3 Å². The van der Waals surface area contributed by atoms with Gasteiger partial charge in [-0.15, -0.1) is 0 Å². The molecule has 0 radical (unpaired) electrons. The number of nitro groups is 1. The lowest BCUT2D eigenvalue weighted by Crippen LogP contribution is -2.37. The molecule has 13 nitrogen and oxygen atoms in total. The third-order valence-electron chi connectivity index (χ3n) is 4.81. The highest BCUT2D eigenvalue weighted by Gasteiger charge is 2.41. The van der Waals surface area contributed by atoms with E-state index >= 15 is 0 Å². The summed E-state index contributed by atoms with van der Waals surface area (Å²) in [4.78, 5) is 59.5. The number of esters is 1. The van der Waals surface area contributed by atoms with Crippen LogP contribution in [0.5, 0.6) is 0 Å². The molecule has 3 amide bonds. The molecule has 0 spiro atoms. The fraction of sp³-hybridized carbons (Fsp3) is 0.200. The molecule has 1 aliphatic rings. The first-order chi connectivity index (χ1) is 16.0. The van der Waals surface area contributed by atoms with Gasteiger partial charge in [-0.3, -0.25) is 34.2 Å². The zero-order valence-electron chi connectivity index (χ0n) is 17.4. The Hall–Kier alpha value is -4.17. The number of nitrogens with one attached hydrogen (secondary N) is 1. The highest BCUT2D eigenvalue weighted by Crippen LogP contribution is 2.30. The number of imide groups is 1. The zero-order valence-corrected chi connectivity index (χ0v) is 18.2. The normalized spacial score (nSPS) is 12.9. The van der Waals surface area contributed by atoms with Crippen LogP contribution in [0.2, 0.25) is 0 Å². The van der Waals surface area contributed by atoms with E-state index in [1.165, 1.54) is 24.3 Å². The van der Waals surface area contributed by atoms with Gasteiger partial charge in [-0.2, -0.15) is 0 Å².